The number of hydrogen-bond acceptors (Lipinski definition) is 3. The summed E-state index contributed by atoms with van der Waals surface area (Å²) in [6, 6.07) is 0. The van der Waals surface area contributed by atoms with E-state index in [4.69, 9.17) is 0 Å². The Balaban J connectivity index is 2.16. The van der Waals surface area contributed by atoms with Crippen LogP contribution in [0.5, 0.6) is 0 Å². The maximum Gasteiger partial charge on any atom is 0.330 e. The van der Waals surface area contributed by atoms with Crippen LogP contribution in [0.2, 0.25) is 0 Å². The van der Waals surface area contributed by atoms with E-state index in [1.165, 1.54) is 24.5 Å². The number of ether oxygens (including phenoxy) is 1. The van der Waals surface area contributed by atoms with Crippen molar-refractivity contribution in [3.8, 4) is 0 Å². The number of amides is 1. The molecule has 0 heterocycles. The molecule has 0 aromatic carbocycles. The second kappa shape index (κ2) is 8.50. The van der Waals surface area contributed by atoms with Crippen LogP contribution in [0.4, 0.5) is 0 Å². The number of allylic oxidation sites excluding steroid dienone is 1. The van der Waals surface area contributed by atoms with Crippen molar-refractivity contribution in [1.29, 1.82) is 0 Å². The molecule has 0 aromatic rings. The van der Waals surface area contributed by atoms with Crippen molar-refractivity contribution in [3.63, 3.8) is 0 Å². The lowest BCUT2D eigenvalue weighted by Crippen LogP contribution is -2.23. The molecule has 0 bridgehead atoms. The zero-order valence-corrected chi connectivity index (χ0v) is 10.9. The molecule has 0 spiro atoms. The predicted octanol–water partition coefficient (Wildman–Crippen LogP) is 2.11. The first-order chi connectivity index (χ1) is 8.72. The molecule has 18 heavy (non-hydrogen) atoms. The second-order valence-electron chi connectivity index (χ2n) is 4.23. The fourth-order valence-corrected chi connectivity index (χ4v) is 1.87. The van der Waals surface area contributed by atoms with Crippen LogP contribution in [0.25, 0.3) is 0 Å². The van der Waals surface area contributed by atoms with E-state index in [0.29, 0.717) is 13.2 Å². The first-order valence-corrected chi connectivity index (χ1v) is 6.53. The van der Waals surface area contributed by atoms with Gasteiger partial charge in [0.2, 0.25) is 5.91 Å². The Bertz CT molecular complexity index is 345. The van der Waals surface area contributed by atoms with Gasteiger partial charge in [-0.15, -0.1) is 0 Å². The average Bonchev–Trinajstić information content (AvgIpc) is 2.38. The summed E-state index contributed by atoms with van der Waals surface area (Å²) in [4.78, 5) is 22.3. The van der Waals surface area contributed by atoms with E-state index in [-0.39, 0.29) is 5.91 Å². The lowest BCUT2D eigenvalue weighted by molar-refractivity contribution is -0.137. The van der Waals surface area contributed by atoms with Crippen LogP contribution in [0.3, 0.4) is 0 Å². The Kier molecular flexibility index (Phi) is 6.84. The normalized spacial score (nSPS) is 15.3. The highest BCUT2D eigenvalue weighted by atomic mass is 16.5. The maximum absolute atomic E-state index is 11.4. The molecule has 1 aliphatic rings. The Labute approximate surface area is 108 Å². The molecule has 1 amide bonds. The number of nitrogens with one attached hydrogen (secondary N) is 1. The Hall–Kier alpha value is -1.58. The highest BCUT2D eigenvalue weighted by molar-refractivity contribution is 5.94. The maximum atomic E-state index is 11.4. The molecule has 1 N–H and O–H groups in total. The van der Waals surface area contributed by atoms with Crippen molar-refractivity contribution in [2.75, 3.05) is 13.2 Å². The van der Waals surface area contributed by atoms with Crippen LogP contribution in [-0.2, 0) is 14.3 Å². The van der Waals surface area contributed by atoms with Crippen molar-refractivity contribution in [3.05, 3.63) is 23.8 Å². The van der Waals surface area contributed by atoms with Crippen molar-refractivity contribution < 1.29 is 14.3 Å². The fourth-order valence-electron chi connectivity index (χ4n) is 1.87. The summed E-state index contributed by atoms with van der Waals surface area (Å²) in [5.74, 6) is -0.734. The fraction of sp³-hybridized carbons (Fsp3) is 0.571. The largest absolute Gasteiger partial charge is 0.463 e. The SMILES string of the molecule is CCOC(=O)/C=C/C(=O)NCCC1=CCCCC1. The first kappa shape index (κ1) is 14.5. The lowest BCUT2D eigenvalue weighted by Gasteiger charge is -2.12. The van der Waals surface area contributed by atoms with Gasteiger partial charge in [0.1, 0.15) is 0 Å². The van der Waals surface area contributed by atoms with Crippen LogP contribution >= 0.6 is 0 Å². The molecule has 0 saturated heterocycles. The lowest BCUT2D eigenvalue weighted by atomic mass is 9.97. The molecule has 1 aliphatic carbocycles. The molecular weight excluding hydrogens is 230 g/mol. The molecule has 0 unspecified atom stereocenters. The first-order valence-electron chi connectivity index (χ1n) is 6.53. The molecule has 100 valence electrons. The van der Waals surface area contributed by atoms with Gasteiger partial charge in [0.05, 0.1) is 6.61 Å². The minimum atomic E-state index is -0.484. The third kappa shape index (κ3) is 6.23. The average molecular weight is 251 g/mol. The van der Waals surface area contributed by atoms with Crippen LogP contribution in [0.15, 0.2) is 23.8 Å². The minimum Gasteiger partial charge on any atom is -0.463 e. The summed E-state index contributed by atoms with van der Waals surface area (Å²) in [6.45, 7) is 2.67. The summed E-state index contributed by atoms with van der Waals surface area (Å²) >= 11 is 0. The number of carbonyl (C=O) groups is 2. The van der Waals surface area contributed by atoms with Gasteiger partial charge in [-0.05, 0) is 39.0 Å². The van der Waals surface area contributed by atoms with Gasteiger partial charge >= 0.3 is 5.97 Å². The van der Waals surface area contributed by atoms with Crippen LogP contribution in [0, 0.1) is 0 Å². The van der Waals surface area contributed by atoms with Crippen molar-refractivity contribution in [2.24, 2.45) is 0 Å². The van der Waals surface area contributed by atoms with Crippen molar-refractivity contribution >= 4 is 11.9 Å². The van der Waals surface area contributed by atoms with E-state index in [1.807, 2.05) is 0 Å². The summed E-state index contributed by atoms with van der Waals surface area (Å²) in [7, 11) is 0. The standard InChI is InChI=1S/C14H21NO3/c1-2-18-14(17)9-8-13(16)15-11-10-12-6-4-3-5-7-12/h6,8-9H,2-5,7,10-11H2,1H3,(H,15,16)/b9-8+. The summed E-state index contributed by atoms with van der Waals surface area (Å²) < 4.78 is 4.68. The van der Waals surface area contributed by atoms with Gasteiger partial charge in [-0.1, -0.05) is 11.6 Å². The van der Waals surface area contributed by atoms with E-state index in [1.54, 1.807) is 6.92 Å². The highest BCUT2D eigenvalue weighted by Crippen LogP contribution is 2.19. The molecule has 4 heteroatoms. The molecule has 0 fully saturated rings. The van der Waals surface area contributed by atoms with Gasteiger partial charge in [0, 0.05) is 18.7 Å². The van der Waals surface area contributed by atoms with E-state index >= 15 is 0 Å². The topological polar surface area (TPSA) is 55.4 Å². The van der Waals surface area contributed by atoms with E-state index in [0.717, 1.165) is 25.3 Å². The Morgan fingerprint density at radius 2 is 2.22 bits per heavy atom. The predicted molar refractivity (Wildman–Crippen MR) is 70.0 cm³/mol. The van der Waals surface area contributed by atoms with E-state index in [2.05, 4.69) is 16.1 Å². The molecule has 0 saturated carbocycles. The zero-order chi connectivity index (χ0) is 13.2. The number of esters is 1. The van der Waals surface area contributed by atoms with Gasteiger partial charge in [-0.25, -0.2) is 4.79 Å². The van der Waals surface area contributed by atoms with Crippen molar-refractivity contribution in [1.82, 2.24) is 5.32 Å². The van der Waals surface area contributed by atoms with Gasteiger partial charge in [-0.2, -0.15) is 0 Å². The van der Waals surface area contributed by atoms with Crippen LogP contribution in [-0.4, -0.2) is 25.0 Å². The van der Waals surface area contributed by atoms with Gasteiger partial charge in [-0.3, -0.25) is 4.79 Å². The molecule has 0 atom stereocenters. The van der Waals surface area contributed by atoms with Crippen LogP contribution in [0.1, 0.15) is 39.0 Å². The monoisotopic (exact) mass is 251 g/mol. The molecule has 0 aliphatic heterocycles. The summed E-state index contributed by atoms with van der Waals surface area (Å²) in [5, 5.41) is 2.75. The summed E-state index contributed by atoms with van der Waals surface area (Å²) in [5.41, 5.74) is 1.43. The van der Waals surface area contributed by atoms with Gasteiger partial charge in [0.15, 0.2) is 0 Å². The van der Waals surface area contributed by atoms with E-state index < -0.39 is 5.97 Å². The third-order valence-electron chi connectivity index (χ3n) is 2.79. The molecule has 1 rings (SSSR count). The third-order valence-corrected chi connectivity index (χ3v) is 2.79. The summed E-state index contributed by atoms with van der Waals surface area (Å²) in [6.07, 6.45) is 10.4. The molecule has 0 radical (unpaired) electrons. The number of hydrogen-bond donors (Lipinski definition) is 1. The quantitative estimate of drug-likeness (QED) is 0.447. The molecule has 0 aromatic heterocycles. The van der Waals surface area contributed by atoms with Crippen molar-refractivity contribution in [2.45, 2.75) is 39.0 Å². The van der Waals surface area contributed by atoms with Crippen LogP contribution < -0.4 is 5.32 Å². The zero-order valence-electron chi connectivity index (χ0n) is 10.9. The Morgan fingerprint density at radius 1 is 1.39 bits per heavy atom. The molecular formula is C14H21NO3. The minimum absolute atomic E-state index is 0.250. The number of carbonyl (C=O) groups excluding carboxylic acids is 2. The highest BCUT2D eigenvalue weighted by Gasteiger charge is 2.04. The van der Waals surface area contributed by atoms with Gasteiger partial charge in [0.25, 0.3) is 0 Å². The molecule has 4 nitrogen and oxygen atoms in total. The second-order valence-corrected chi connectivity index (χ2v) is 4.23. The smallest absolute Gasteiger partial charge is 0.330 e. The Morgan fingerprint density at radius 3 is 2.89 bits per heavy atom. The van der Waals surface area contributed by atoms with E-state index in [9.17, 15) is 9.59 Å². The van der Waals surface area contributed by atoms with Gasteiger partial charge < -0.3 is 10.1 Å². The number of rotatable bonds is 6.